The van der Waals surface area contributed by atoms with Gasteiger partial charge in [0.2, 0.25) is 0 Å². The lowest BCUT2D eigenvalue weighted by Crippen LogP contribution is -2.32. The van der Waals surface area contributed by atoms with Gasteiger partial charge in [0.25, 0.3) is 0 Å². The Morgan fingerprint density at radius 1 is 1.82 bits per heavy atom. The van der Waals surface area contributed by atoms with E-state index >= 15 is 0 Å². The molecule has 0 bridgehead atoms. The summed E-state index contributed by atoms with van der Waals surface area (Å²) in [6.07, 6.45) is 5.29. The highest BCUT2D eigenvalue weighted by Crippen LogP contribution is 2.14. The van der Waals surface area contributed by atoms with E-state index in [1.807, 2.05) is 0 Å². The van der Waals surface area contributed by atoms with E-state index < -0.39 is 12.0 Å². The van der Waals surface area contributed by atoms with Gasteiger partial charge in [0.1, 0.15) is 6.04 Å². The summed E-state index contributed by atoms with van der Waals surface area (Å²) in [5.74, 6) is -0.794. The third kappa shape index (κ3) is 2.26. The average molecular weight is 155 g/mol. The SMILES string of the molecule is C[C@H](NC1=CCCC1)C(=O)O. The number of carboxylic acid groups (broad SMARTS) is 1. The summed E-state index contributed by atoms with van der Waals surface area (Å²) >= 11 is 0. The van der Waals surface area contributed by atoms with E-state index in [-0.39, 0.29) is 0 Å². The molecule has 0 heterocycles. The van der Waals surface area contributed by atoms with Crippen LogP contribution >= 0.6 is 0 Å². The maximum atomic E-state index is 10.4. The van der Waals surface area contributed by atoms with Gasteiger partial charge in [0.05, 0.1) is 0 Å². The van der Waals surface area contributed by atoms with E-state index in [0.717, 1.165) is 25.0 Å². The minimum atomic E-state index is -0.794. The summed E-state index contributed by atoms with van der Waals surface area (Å²) in [5, 5.41) is 11.5. The molecule has 1 rings (SSSR count). The smallest absolute Gasteiger partial charge is 0.325 e. The molecular formula is C8H13NO2. The number of carboxylic acids is 1. The fourth-order valence-corrected chi connectivity index (χ4v) is 1.14. The highest BCUT2D eigenvalue weighted by molar-refractivity contribution is 5.73. The Hall–Kier alpha value is -0.990. The van der Waals surface area contributed by atoms with Crippen molar-refractivity contribution in [1.29, 1.82) is 0 Å². The summed E-state index contributed by atoms with van der Waals surface area (Å²) in [6, 6.07) is -0.459. The zero-order valence-corrected chi connectivity index (χ0v) is 6.63. The summed E-state index contributed by atoms with van der Waals surface area (Å²) in [6.45, 7) is 1.65. The molecule has 2 N–H and O–H groups in total. The summed E-state index contributed by atoms with van der Waals surface area (Å²) in [4.78, 5) is 10.4. The number of hydrogen-bond acceptors (Lipinski definition) is 2. The zero-order chi connectivity index (χ0) is 8.27. The predicted octanol–water partition coefficient (Wildman–Crippen LogP) is 1.12. The van der Waals surface area contributed by atoms with Gasteiger partial charge in [0.15, 0.2) is 0 Å². The largest absolute Gasteiger partial charge is 0.480 e. The van der Waals surface area contributed by atoms with Crippen LogP contribution in [0.4, 0.5) is 0 Å². The molecule has 11 heavy (non-hydrogen) atoms. The number of rotatable bonds is 3. The molecule has 0 fully saturated rings. The van der Waals surface area contributed by atoms with E-state index in [4.69, 9.17) is 5.11 Å². The molecule has 0 aromatic heterocycles. The van der Waals surface area contributed by atoms with Crippen molar-refractivity contribution in [1.82, 2.24) is 5.32 Å². The van der Waals surface area contributed by atoms with Crippen LogP contribution < -0.4 is 5.32 Å². The number of nitrogens with one attached hydrogen (secondary N) is 1. The van der Waals surface area contributed by atoms with Crippen LogP contribution in [0.5, 0.6) is 0 Å². The molecule has 3 heteroatoms. The first-order chi connectivity index (χ1) is 5.20. The first-order valence-corrected chi connectivity index (χ1v) is 3.88. The number of carbonyl (C=O) groups is 1. The van der Waals surface area contributed by atoms with Crippen LogP contribution in [-0.2, 0) is 4.79 Å². The molecule has 1 atom stereocenters. The molecule has 0 spiro atoms. The normalized spacial score (nSPS) is 19.2. The van der Waals surface area contributed by atoms with Gasteiger partial charge < -0.3 is 10.4 Å². The molecular weight excluding hydrogens is 142 g/mol. The van der Waals surface area contributed by atoms with E-state index in [1.165, 1.54) is 0 Å². The summed E-state index contributed by atoms with van der Waals surface area (Å²) < 4.78 is 0. The van der Waals surface area contributed by atoms with Crippen LogP contribution in [0.3, 0.4) is 0 Å². The lowest BCUT2D eigenvalue weighted by Gasteiger charge is -2.10. The average Bonchev–Trinajstić information content (AvgIpc) is 2.39. The Morgan fingerprint density at radius 3 is 3.00 bits per heavy atom. The van der Waals surface area contributed by atoms with Gasteiger partial charge in [-0.3, -0.25) is 4.79 Å². The van der Waals surface area contributed by atoms with Crippen molar-refractivity contribution in [3.05, 3.63) is 11.8 Å². The second-order valence-electron chi connectivity index (χ2n) is 2.83. The van der Waals surface area contributed by atoms with E-state index in [2.05, 4.69) is 11.4 Å². The maximum absolute atomic E-state index is 10.4. The Kier molecular flexibility index (Phi) is 2.52. The lowest BCUT2D eigenvalue weighted by molar-refractivity contribution is -0.138. The first-order valence-electron chi connectivity index (χ1n) is 3.88. The Morgan fingerprint density at radius 2 is 2.55 bits per heavy atom. The second-order valence-corrected chi connectivity index (χ2v) is 2.83. The standard InChI is InChI=1S/C8H13NO2/c1-6(8(10)11)9-7-4-2-3-5-7/h4,6,9H,2-3,5H2,1H3,(H,10,11)/t6-/m0/s1. The summed E-state index contributed by atoms with van der Waals surface area (Å²) in [7, 11) is 0. The van der Waals surface area contributed by atoms with Gasteiger partial charge in [-0.25, -0.2) is 0 Å². The molecule has 0 saturated heterocycles. The lowest BCUT2D eigenvalue weighted by atomic mass is 10.3. The van der Waals surface area contributed by atoms with Gasteiger partial charge in [-0.1, -0.05) is 6.08 Å². The number of aliphatic carboxylic acids is 1. The Labute approximate surface area is 66.1 Å². The minimum absolute atomic E-state index is 0.459. The fourth-order valence-electron chi connectivity index (χ4n) is 1.14. The van der Waals surface area contributed by atoms with Crippen LogP contribution in [0.25, 0.3) is 0 Å². The quantitative estimate of drug-likeness (QED) is 0.642. The van der Waals surface area contributed by atoms with Crippen molar-refractivity contribution in [3.8, 4) is 0 Å². The minimum Gasteiger partial charge on any atom is -0.480 e. The highest BCUT2D eigenvalue weighted by Gasteiger charge is 2.12. The van der Waals surface area contributed by atoms with Crippen LogP contribution in [0.15, 0.2) is 11.8 Å². The Bertz CT molecular complexity index is 187. The summed E-state index contributed by atoms with van der Waals surface area (Å²) in [5.41, 5.74) is 1.08. The van der Waals surface area contributed by atoms with Crippen LogP contribution in [0, 0.1) is 0 Å². The van der Waals surface area contributed by atoms with Crippen LogP contribution in [-0.4, -0.2) is 17.1 Å². The maximum Gasteiger partial charge on any atom is 0.325 e. The Balaban J connectivity index is 2.35. The molecule has 0 unspecified atom stereocenters. The van der Waals surface area contributed by atoms with Gasteiger partial charge in [-0.2, -0.15) is 0 Å². The third-order valence-corrected chi connectivity index (χ3v) is 1.81. The molecule has 1 aliphatic carbocycles. The van der Waals surface area contributed by atoms with Gasteiger partial charge in [-0.15, -0.1) is 0 Å². The molecule has 0 amide bonds. The molecule has 0 saturated carbocycles. The topological polar surface area (TPSA) is 49.3 Å². The van der Waals surface area contributed by atoms with Crippen molar-refractivity contribution < 1.29 is 9.90 Å². The van der Waals surface area contributed by atoms with E-state index in [9.17, 15) is 4.79 Å². The van der Waals surface area contributed by atoms with Gasteiger partial charge >= 0.3 is 5.97 Å². The zero-order valence-electron chi connectivity index (χ0n) is 6.63. The second kappa shape index (κ2) is 3.42. The highest BCUT2D eigenvalue weighted by atomic mass is 16.4. The van der Waals surface area contributed by atoms with Crippen LogP contribution in [0.2, 0.25) is 0 Å². The van der Waals surface area contributed by atoms with Crippen molar-refractivity contribution >= 4 is 5.97 Å². The molecule has 3 nitrogen and oxygen atoms in total. The monoisotopic (exact) mass is 155 g/mol. The fraction of sp³-hybridized carbons (Fsp3) is 0.625. The molecule has 0 aromatic carbocycles. The first kappa shape index (κ1) is 8.11. The number of hydrogen-bond donors (Lipinski definition) is 2. The van der Waals surface area contributed by atoms with Gasteiger partial charge in [0, 0.05) is 5.70 Å². The van der Waals surface area contributed by atoms with Crippen molar-refractivity contribution in [2.75, 3.05) is 0 Å². The third-order valence-electron chi connectivity index (χ3n) is 1.81. The van der Waals surface area contributed by atoms with E-state index in [1.54, 1.807) is 6.92 Å². The molecule has 0 aliphatic heterocycles. The van der Waals surface area contributed by atoms with Crippen molar-refractivity contribution in [2.24, 2.45) is 0 Å². The molecule has 0 aromatic rings. The van der Waals surface area contributed by atoms with Gasteiger partial charge in [-0.05, 0) is 26.2 Å². The molecule has 62 valence electrons. The predicted molar refractivity (Wildman–Crippen MR) is 42.2 cm³/mol. The van der Waals surface area contributed by atoms with E-state index in [0.29, 0.717) is 0 Å². The van der Waals surface area contributed by atoms with Crippen LogP contribution in [0.1, 0.15) is 26.2 Å². The molecule has 0 radical (unpaired) electrons. The van der Waals surface area contributed by atoms with Crippen molar-refractivity contribution in [3.63, 3.8) is 0 Å². The van der Waals surface area contributed by atoms with Crippen molar-refractivity contribution in [2.45, 2.75) is 32.2 Å². The number of allylic oxidation sites excluding steroid dienone is 2. The molecule has 1 aliphatic rings.